The summed E-state index contributed by atoms with van der Waals surface area (Å²) in [5.74, 6) is -0.307. The molecule has 2 N–H and O–H groups in total. The molecule has 3 atom stereocenters. The van der Waals surface area contributed by atoms with Crippen molar-refractivity contribution in [2.45, 2.75) is 36.0 Å². The molecule has 1 aliphatic rings. The molecule has 0 saturated heterocycles. The summed E-state index contributed by atoms with van der Waals surface area (Å²) in [5.41, 5.74) is 6.69. The van der Waals surface area contributed by atoms with Crippen molar-refractivity contribution in [3.05, 3.63) is 29.6 Å². The van der Waals surface area contributed by atoms with Crippen LogP contribution in [-0.2, 0) is 10.8 Å². The predicted octanol–water partition coefficient (Wildman–Crippen LogP) is 2.12. The molecule has 1 aliphatic heterocycles. The number of hydrogen-bond donors (Lipinski definition) is 1. The first-order chi connectivity index (χ1) is 7.15. The lowest BCUT2D eigenvalue weighted by Gasteiger charge is -2.12. The van der Waals surface area contributed by atoms with Gasteiger partial charge in [-0.05, 0) is 30.2 Å². The highest BCUT2D eigenvalue weighted by atomic mass is 32.2. The maximum absolute atomic E-state index is 13.0. The topological polar surface area (TPSA) is 43.1 Å². The van der Waals surface area contributed by atoms with Crippen molar-refractivity contribution < 1.29 is 8.60 Å². The Balaban J connectivity index is 2.41. The second-order valence-corrected chi connectivity index (χ2v) is 5.47. The maximum Gasteiger partial charge on any atom is 0.123 e. The van der Waals surface area contributed by atoms with Gasteiger partial charge in [0, 0.05) is 10.9 Å². The van der Waals surface area contributed by atoms with Crippen LogP contribution in [0.15, 0.2) is 23.1 Å². The van der Waals surface area contributed by atoms with Gasteiger partial charge in [0.2, 0.25) is 0 Å². The van der Waals surface area contributed by atoms with Crippen LogP contribution in [0.3, 0.4) is 0 Å². The molecule has 1 heterocycles. The molecule has 15 heavy (non-hydrogen) atoms. The second-order valence-electron chi connectivity index (χ2n) is 3.83. The van der Waals surface area contributed by atoms with Crippen LogP contribution in [0.5, 0.6) is 0 Å². The SMILES string of the molecule is CCCC1C(N)c2cc(F)ccc2S1=O. The summed E-state index contributed by atoms with van der Waals surface area (Å²) in [6, 6.07) is 4.07. The molecule has 0 radical (unpaired) electrons. The molecule has 1 aromatic rings. The van der Waals surface area contributed by atoms with E-state index >= 15 is 0 Å². The van der Waals surface area contributed by atoms with Crippen LogP contribution >= 0.6 is 0 Å². The largest absolute Gasteiger partial charge is 0.323 e. The molecule has 0 fully saturated rings. The van der Waals surface area contributed by atoms with Crippen molar-refractivity contribution in [2.75, 3.05) is 0 Å². The summed E-state index contributed by atoms with van der Waals surface area (Å²) in [6.07, 6.45) is 1.77. The van der Waals surface area contributed by atoms with Crippen molar-refractivity contribution in [3.8, 4) is 0 Å². The number of rotatable bonds is 2. The summed E-state index contributed by atoms with van der Waals surface area (Å²) in [7, 11) is -1.07. The van der Waals surface area contributed by atoms with Gasteiger partial charge in [0.15, 0.2) is 0 Å². The van der Waals surface area contributed by atoms with Crippen LogP contribution in [0.2, 0.25) is 0 Å². The fourth-order valence-electron chi connectivity index (χ4n) is 2.03. The Morgan fingerprint density at radius 2 is 2.27 bits per heavy atom. The highest BCUT2D eigenvalue weighted by Crippen LogP contribution is 2.37. The van der Waals surface area contributed by atoms with Crippen molar-refractivity contribution in [2.24, 2.45) is 5.73 Å². The second kappa shape index (κ2) is 4.02. The first kappa shape index (κ1) is 10.8. The van der Waals surface area contributed by atoms with Gasteiger partial charge in [-0.1, -0.05) is 13.3 Å². The maximum atomic E-state index is 13.0. The van der Waals surface area contributed by atoms with E-state index in [2.05, 4.69) is 0 Å². The van der Waals surface area contributed by atoms with E-state index in [1.54, 1.807) is 6.07 Å². The number of hydrogen-bond acceptors (Lipinski definition) is 2. The zero-order chi connectivity index (χ0) is 11.0. The van der Waals surface area contributed by atoms with Gasteiger partial charge in [0.1, 0.15) is 5.82 Å². The third-order valence-electron chi connectivity index (χ3n) is 2.80. The molecular formula is C11H14FNOS. The van der Waals surface area contributed by atoms with E-state index in [9.17, 15) is 8.60 Å². The lowest BCUT2D eigenvalue weighted by molar-refractivity contribution is 0.594. The summed E-state index contributed by atoms with van der Waals surface area (Å²) in [4.78, 5) is 0.711. The van der Waals surface area contributed by atoms with Gasteiger partial charge >= 0.3 is 0 Å². The van der Waals surface area contributed by atoms with Crippen LogP contribution in [0, 0.1) is 5.82 Å². The average Bonchev–Trinajstić information content (AvgIpc) is 2.44. The molecule has 0 saturated carbocycles. The van der Waals surface area contributed by atoms with Gasteiger partial charge in [0.25, 0.3) is 0 Å². The molecule has 0 spiro atoms. The minimum absolute atomic E-state index is 0.0493. The van der Waals surface area contributed by atoms with E-state index in [-0.39, 0.29) is 17.1 Å². The first-order valence-electron chi connectivity index (χ1n) is 5.10. The van der Waals surface area contributed by atoms with E-state index in [0.717, 1.165) is 12.8 Å². The van der Waals surface area contributed by atoms with Crippen molar-refractivity contribution in [1.29, 1.82) is 0 Å². The van der Waals surface area contributed by atoms with Crippen LogP contribution in [-0.4, -0.2) is 9.46 Å². The number of halogens is 1. The van der Waals surface area contributed by atoms with Gasteiger partial charge in [-0.15, -0.1) is 0 Å². The van der Waals surface area contributed by atoms with Crippen LogP contribution in [0.25, 0.3) is 0 Å². The fraction of sp³-hybridized carbons (Fsp3) is 0.455. The van der Waals surface area contributed by atoms with Crippen molar-refractivity contribution >= 4 is 10.8 Å². The van der Waals surface area contributed by atoms with Crippen LogP contribution < -0.4 is 5.73 Å². The van der Waals surface area contributed by atoms with E-state index in [0.29, 0.717) is 10.5 Å². The standard InChI is InChI=1S/C11H14FNOS/c1-2-3-10-11(13)8-6-7(12)4-5-9(8)15(10)14/h4-6,10-11H,2-3,13H2,1H3. The number of nitrogens with two attached hydrogens (primary N) is 1. The van der Waals surface area contributed by atoms with Gasteiger partial charge < -0.3 is 5.73 Å². The van der Waals surface area contributed by atoms with E-state index < -0.39 is 10.8 Å². The minimum atomic E-state index is -1.07. The van der Waals surface area contributed by atoms with Gasteiger partial charge in [-0.3, -0.25) is 4.21 Å². The highest BCUT2D eigenvalue weighted by Gasteiger charge is 2.35. The van der Waals surface area contributed by atoms with Crippen molar-refractivity contribution in [1.82, 2.24) is 0 Å². The molecule has 0 amide bonds. The third-order valence-corrected chi connectivity index (χ3v) is 4.68. The average molecular weight is 227 g/mol. The Morgan fingerprint density at radius 3 is 2.93 bits per heavy atom. The van der Waals surface area contributed by atoms with Crippen LogP contribution in [0.1, 0.15) is 31.4 Å². The van der Waals surface area contributed by atoms with E-state index in [4.69, 9.17) is 5.73 Å². The Kier molecular flexibility index (Phi) is 2.89. The predicted molar refractivity (Wildman–Crippen MR) is 58.4 cm³/mol. The van der Waals surface area contributed by atoms with Gasteiger partial charge in [-0.2, -0.15) is 0 Å². The minimum Gasteiger partial charge on any atom is -0.323 e. The lowest BCUT2D eigenvalue weighted by atomic mass is 10.0. The fourth-order valence-corrected chi connectivity index (χ4v) is 3.85. The van der Waals surface area contributed by atoms with Gasteiger partial charge in [0.05, 0.1) is 16.0 Å². The number of benzene rings is 1. The normalized spacial score (nSPS) is 29.1. The first-order valence-corrected chi connectivity index (χ1v) is 6.32. The summed E-state index contributed by atoms with van der Waals surface area (Å²) < 4.78 is 25.0. The molecule has 82 valence electrons. The molecule has 0 aromatic heterocycles. The molecular weight excluding hydrogens is 213 g/mol. The third kappa shape index (κ3) is 1.72. The lowest BCUT2D eigenvalue weighted by Crippen LogP contribution is -2.23. The molecule has 2 rings (SSSR count). The zero-order valence-corrected chi connectivity index (χ0v) is 9.39. The summed E-state index contributed by atoms with van der Waals surface area (Å²) >= 11 is 0. The van der Waals surface area contributed by atoms with Crippen molar-refractivity contribution in [3.63, 3.8) is 0 Å². The Hall–Kier alpha value is -0.740. The molecule has 0 aliphatic carbocycles. The van der Waals surface area contributed by atoms with Crippen LogP contribution in [0.4, 0.5) is 4.39 Å². The molecule has 2 nitrogen and oxygen atoms in total. The Labute approximate surface area is 91.1 Å². The summed E-state index contributed by atoms with van der Waals surface area (Å²) in [6.45, 7) is 2.04. The Bertz CT molecular complexity index is 408. The van der Waals surface area contributed by atoms with E-state index in [1.165, 1.54) is 12.1 Å². The highest BCUT2D eigenvalue weighted by molar-refractivity contribution is 7.86. The quantitative estimate of drug-likeness (QED) is 0.841. The van der Waals surface area contributed by atoms with E-state index in [1.807, 2.05) is 6.92 Å². The molecule has 3 unspecified atom stereocenters. The molecule has 4 heteroatoms. The smallest absolute Gasteiger partial charge is 0.123 e. The zero-order valence-electron chi connectivity index (χ0n) is 8.57. The van der Waals surface area contributed by atoms with Gasteiger partial charge in [-0.25, -0.2) is 4.39 Å². The molecule has 0 bridgehead atoms. The molecule has 1 aromatic carbocycles. The summed E-state index contributed by atoms with van der Waals surface area (Å²) in [5, 5.41) is -0.0493. The number of fused-ring (bicyclic) bond motifs is 1. The Morgan fingerprint density at radius 1 is 1.53 bits per heavy atom. The monoisotopic (exact) mass is 227 g/mol.